The molecule has 4 heteroatoms. The van der Waals surface area contributed by atoms with Crippen molar-refractivity contribution in [2.75, 3.05) is 0 Å². The van der Waals surface area contributed by atoms with Gasteiger partial charge in [0.15, 0.2) is 0 Å². The van der Waals surface area contributed by atoms with E-state index in [4.69, 9.17) is 14.7 Å². The van der Waals surface area contributed by atoms with E-state index in [1.54, 1.807) is 0 Å². The number of hydrogen-bond acceptors (Lipinski definition) is 3. The smallest absolute Gasteiger partial charge is 0.235 e. The zero-order valence-electron chi connectivity index (χ0n) is 28.5. The van der Waals surface area contributed by atoms with Crippen molar-refractivity contribution < 1.29 is 4.74 Å². The Labute approximate surface area is 305 Å². The minimum atomic E-state index is -0.589. The summed E-state index contributed by atoms with van der Waals surface area (Å²) in [5.74, 6) is 2.38. The SMILES string of the molecule is c1ccc(-c2nc(-n3c4cc5c(cc4c4c6ccccc6ccc43)Oc3ccccc3C53c4ccccc4-c4ccccc43)nc3ccccc23)cc1. The zero-order valence-corrected chi connectivity index (χ0v) is 28.5. The van der Waals surface area contributed by atoms with E-state index in [-0.39, 0.29) is 0 Å². The monoisotopic (exact) mass is 675 g/mol. The lowest BCUT2D eigenvalue weighted by molar-refractivity contribution is 0.437. The number of aromatic nitrogens is 3. The summed E-state index contributed by atoms with van der Waals surface area (Å²) in [6.45, 7) is 0. The van der Waals surface area contributed by atoms with Gasteiger partial charge >= 0.3 is 0 Å². The van der Waals surface area contributed by atoms with E-state index >= 15 is 0 Å². The molecule has 1 aliphatic heterocycles. The van der Waals surface area contributed by atoms with Gasteiger partial charge in [-0.15, -0.1) is 0 Å². The molecular formula is C49H29N3O. The molecule has 0 bridgehead atoms. The molecule has 0 radical (unpaired) electrons. The second-order valence-electron chi connectivity index (χ2n) is 14.1. The maximum Gasteiger partial charge on any atom is 0.235 e. The van der Waals surface area contributed by atoms with Crippen LogP contribution >= 0.6 is 0 Å². The van der Waals surface area contributed by atoms with E-state index in [1.165, 1.54) is 33.0 Å². The van der Waals surface area contributed by atoms with Crippen LogP contribution in [0.2, 0.25) is 0 Å². The summed E-state index contributed by atoms with van der Waals surface area (Å²) in [6, 6.07) is 62.8. The predicted molar refractivity (Wildman–Crippen MR) is 214 cm³/mol. The van der Waals surface area contributed by atoms with Crippen LogP contribution in [0.5, 0.6) is 11.5 Å². The number of hydrogen-bond donors (Lipinski definition) is 0. The lowest BCUT2D eigenvalue weighted by Gasteiger charge is -2.39. The summed E-state index contributed by atoms with van der Waals surface area (Å²) in [7, 11) is 0. The molecule has 0 unspecified atom stereocenters. The summed E-state index contributed by atoms with van der Waals surface area (Å²) in [5, 5.41) is 5.64. The highest BCUT2D eigenvalue weighted by Crippen LogP contribution is 2.62. The van der Waals surface area contributed by atoms with Gasteiger partial charge in [-0.25, -0.2) is 9.97 Å². The first kappa shape index (κ1) is 28.6. The largest absolute Gasteiger partial charge is 0.457 e. The number of ether oxygens (including phenoxy) is 1. The molecule has 10 aromatic rings. The molecule has 0 amide bonds. The van der Waals surface area contributed by atoms with Gasteiger partial charge in [-0.3, -0.25) is 4.57 Å². The van der Waals surface area contributed by atoms with Crippen LogP contribution in [0.25, 0.3) is 71.8 Å². The fourth-order valence-electron chi connectivity index (χ4n) is 9.33. The highest BCUT2D eigenvalue weighted by Gasteiger charge is 2.51. The normalized spacial score (nSPS) is 13.6. The molecule has 0 fully saturated rings. The van der Waals surface area contributed by atoms with E-state index in [0.717, 1.165) is 66.6 Å². The van der Waals surface area contributed by atoms with Gasteiger partial charge in [0.1, 0.15) is 11.5 Å². The first-order chi connectivity index (χ1) is 26.3. The van der Waals surface area contributed by atoms with Crippen molar-refractivity contribution in [2.45, 2.75) is 5.41 Å². The lowest BCUT2D eigenvalue weighted by Crippen LogP contribution is -2.32. The van der Waals surface area contributed by atoms with Gasteiger partial charge in [0, 0.05) is 32.8 Å². The highest BCUT2D eigenvalue weighted by atomic mass is 16.5. The summed E-state index contributed by atoms with van der Waals surface area (Å²) in [4.78, 5) is 10.7. The number of para-hydroxylation sites is 2. The second-order valence-corrected chi connectivity index (χ2v) is 14.1. The van der Waals surface area contributed by atoms with Crippen molar-refractivity contribution in [3.05, 3.63) is 198 Å². The number of nitrogens with zero attached hydrogens (tertiary/aromatic N) is 3. The van der Waals surface area contributed by atoms with Gasteiger partial charge in [0.05, 0.1) is 27.7 Å². The van der Waals surface area contributed by atoms with Crippen LogP contribution in [-0.4, -0.2) is 14.5 Å². The minimum absolute atomic E-state index is 0.589. The standard InChI is InChI=1S/C49H29N3O/c1-2-15-31(16-3-1)47-35-20-8-12-24-41(35)50-48(51-47)52-42-27-26-30-14-4-5-17-32(30)46(42)36-28-45-40(29-43(36)52)49(39-23-11-13-25-44(39)53-45)37-21-9-6-18-33(37)34-19-7-10-22-38(34)49/h1-29H. The van der Waals surface area contributed by atoms with Crippen molar-refractivity contribution in [1.82, 2.24) is 14.5 Å². The molecule has 3 heterocycles. The summed E-state index contributed by atoms with van der Waals surface area (Å²) >= 11 is 0. The van der Waals surface area contributed by atoms with Crippen molar-refractivity contribution in [3.8, 4) is 39.8 Å². The van der Waals surface area contributed by atoms with E-state index < -0.39 is 5.41 Å². The van der Waals surface area contributed by atoms with Crippen molar-refractivity contribution in [2.24, 2.45) is 0 Å². The van der Waals surface area contributed by atoms with E-state index in [9.17, 15) is 0 Å². The quantitative estimate of drug-likeness (QED) is 0.183. The van der Waals surface area contributed by atoms with E-state index in [1.807, 2.05) is 6.07 Å². The Morgan fingerprint density at radius 3 is 1.92 bits per heavy atom. The highest BCUT2D eigenvalue weighted by molar-refractivity contribution is 6.22. The van der Waals surface area contributed by atoms with Gasteiger partial charge in [0.2, 0.25) is 5.95 Å². The third-order valence-corrected chi connectivity index (χ3v) is 11.5. The summed E-state index contributed by atoms with van der Waals surface area (Å²) < 4.78 is 9.25. The molecule has 8 aromatic carbocycles. The minimum Gasteiger partial charge on any atom is -0.457 e. The van der Waals surface area contributed by atoms with Gasteiger partial charge in [-0.2, -0.15) is 0 Å². The first-order valence-electron chi connectivity index (χ1n) is 18.1. The van der Waals surface area contributed by atoms with Gasteiger partial charge in [-0.05, 0) is 63.4 Å². The maximum absolute atomic E-state index is 6.97. The van der Waals surface area contributed by atoms with Crippen LogP contribution < -0.4 is 4.74 Å². The third-order valence-electron chi connectivity index (χ3n) is 11.5. The molecule has 2 aromatic heterocycles. The number of fused-ring (bicyclic) bond motifs is 15. The molecule has 53 heavy (non-hydrogen) atoms. The molecule has 0 saturated heterocycles. The Bertz CT molecular complexity index is 3110. The average molecular weight is 676 g/mol. The lowest BCUT2D eigenvalue weighted by atomic mass is 9.66. The van der Waals surface area contributed by atoms with Crippen LogP contribution in [0.1, 0.15) is 22.3 Å². The zero-order chi connectivity index (χ0) is 34.7. The molecule has 0 saturated carbocycles. The van der Waals surface area contributed by atoms with Gasteiger partial charge in [0.25, 0.3) is 0 Å². The Morgan fingerprint density at radius 1 is 0.453 bits per heavy atom. The van der Waals surface area contributed by atoms with Gasteiger partial charge < -0.3 is 4.74 Å². The number of benzene rings is 8. The van der Waals surface area contributed by atoms with Crippen molar-refractivity contribution in [1.29, 1.82) is 0 Å². The average Bonchev–Trinajstić information content (AvgIpc) is 3.71. The van der Waals surface area contributed by atoms with Crippen molar-refractivity contribution >= 4 is 43.5 Å². The van der Waals surface area contributed by atoms with Crippen LogP contribution in [0, 0.1) is 0 Å². The second kappa shape index (κ2) is 10.5. The Hall–Kier alpha value is -7.04. The molecule has 12 rings (SSSR count). The van der Waals surface area contributed by atoms with E-state index in [0.29, 0.717) is 5.95 Å². The van der Waals surface area contributed by atoms with Crippen LogP contribution in [0.15, 0.2) is 176 Å². The molecule has 246 valence electrons. The third kappa shape index (κ3) is 3.74. The summed E-state index contributed by atoms with van der Waals surface area (Å²) in [6.07, 6.45) is 0. The summed E-state index contributed by atoms with van der Waals surface area (Å²) in [5.41, 5.74) is 11.6. The molecule has 0 N–H and O–H groups in total. The number of rotatable bonds is 2. The molecule has 1 aliphatic carbocycles. The Balaban J connectivity index is 1.26. The van der Waals surface area contributed by atoms with Crippen molar-refractivity contribution in [3.63, 3.8) is 0 Å². The fraction of sp³-hybridized carbons (Fsp3) is 0.0204. The fourth-order valence-corrected chi connectivity index (χ4v) is 9.33. The maximum atomic E-state index is 6.97. The van der Waals surface area contributed by atoms with Crippen LogP contribution in [-0.2, 0) is 5.41 Å². The Kier molecular flexibility index (Phi) is 5.67. The Morgan fingerprint density at radius 2 is 1.11 bits per heavy atom. The topological polar surface area (TPSA) is 39.9 Å². The van der Waals surface area contributed by atoms with E-state index in [2.05, 4.69) is 174 Å². The molecule has 0 atom stereocenters. The molecule has 4 nitrogen and oxygen atoms in total. The molecule has 2 aliphatic rings. The molecular weight excluding hydrogens is 647 g/mol. The van der Waals surface area contributed by atoms with Crippen LogP contribution in [0.4, 0.5) is 0 Å². The van der Waals surface area contributed by atoms with Crippen LogP contribution in [0.3, 0.4) is 0 Å². The first-order valence-corrected chi connectivity index (χ1v) is 18.1. The molecule has 1 spiro atoms. The predicted octanol–water partition coefficient (Wildman–Crippen LogP) is 12.0. The van der Waals surface area contributed by atoms with Gasteiger partial charge in [-0.1, -0.05) is 146 Å².